The van der Waals surface area contributed by atoms with Crippen LogP contribution in [-0.4, -0.2) is 9.97 Å². The van der Waals surface area contributed by atoms with E-state index < -0.39 is 0 Å². The molecule has 0 atom stereocenters. The van der Waals surface area contributed by atoms with Crippen LogP contribution in [0.3, 0.4) is 0 Å². The van der Waals surface area contributed by atoms with E-state index in [1.165, 1.54) is 0 Å². The molecular weight excluding hydrogens is 352 g/mol. The van der Waals surface area contributed by atoms with Crippen molar-refractivity contribution in [2.75, 3.05) is 0 Å². The van der Waals surface area contributed by atoms with E-state index in [1.807, 2.05) is 6.07 Å². The zero-order chi connectivity index (χ0) is 11.5. The molecule has 0 aliphatic heterocycles. The lowest BCUT2D eigenvalue weighted by Gasteiger charge is -2.03. The molecule has 0 radical (unpaired) electrons. The van der Waals surface area contributed by atoms with Gasteiger partial charge in [-0.1, -0.05) is 6.92 Å². The second kappa shape index (κ2) is 5.38. The van der Waals surface area contributed by atoms with Crippen molar-refractivity contribution in [2.45, 2.75) is 19.8 Å². The van der Waals surface area contributed by atoms with Crippen molar-refractivity contribution in [3.8, 4) is 11.3 Å². The minimum absolute atomic E-state index is 0.846. The van der Waals surface area contributed by atoms with Gasteiger partial charge in [-0.2, -0.15) is 11.3 Å². The molecule has 0 aliphatic rings. The SMILES string of the molecule is CCCc1nc(Br)cc(-c2cscc2Br)n1. The highest BCUT2D eigenvalue weighted by atomic mass is 79.9. The second-order valence-corrected chi connectivity index (χ2v) is 5.79. The molecule has 2 nitrogen and oxygen atoms in total. The number of halogens is 2. The van der Waals surface area contributed by atoms with Crippen LogP contribution in [0.1, 0.15) is 19.2 Å². The first kappa shape index (κ1) is 12.2. The molecule has 2 aromatic heterocycles. The number of hydrogen-bond donors (Lipinski definition) is 0. The normalized spacial score (nSPS) is 10.7. The summed E-state index contributed by atoms with van der Waals surface area (Å²) >= 11 is 8.62. The molecule has 0 spiro atoms. The van der Waals surface area contributed by atoms with Gasteiger partial charge in [0.05, 0.1) is 5.69 Å². The Morgan fingerprint density at radius 3 is 2.69 bits per heavy atom. The Balaban J connectivity index is 2.45. The average molecular weight is 362 g/mol. The molecule has 0 saturated heterocycles. The highest BCUT2D eigenvalue weighted by Gasteiger charge is 2.08. The van der Waals surface area contributed by atoms with Crippen LogP contribution in [0.2, 0.25) is 0 Å². The lowest BCUT2D eigenvalue weighted by atomic mass is 10.2. The van der Waals surface area contributed by atoms with Crippen LogP contribution in [0.4, 0.5) is 0 Å². The van der Waals surface area contributed by atoms with Gasteiger partial charge >= 0.3 is 0 Å². The van der Waals surface area contributed by atoms with E-state index in [1.54, 1.807) is 11.3 Å². The van der Waals surface area contributed by atoms with Gasteiger partial charge in [-0.05, 0) is 44.3 Å². The fraction of sp³-hybridized carbons (Fsp3) is 0.273. The Bertz CT molecular complexity index is 496. The Labute approximate surface area is 115 Å². The van der Waals surface area contributed by atoms with E-state index >= 15 is 0 Å². The summed E-state index contributed by atoms with van der Waals surface area (Å²) in [5.41, 5.74) is 2.10. The summed E-state index contributed by atoms with van der Waals surface area (Å²) in [7, 11) is 0. The molecule has 0 fully saturated rings. The molecule has 0 saturated carbocycles. The largest absolute Gasteiger partial charge is 0.233 e. The van der Waals surface area contributed by atoms with Crippen molar-refractivity contribution in [2.24, 2.45) is 0 Å². The maximum absolute atomic E-state index is 4.56. The van der Waals surface area contributed by atoms with Gasteiger partial charge < -0.3 is 0 Å². The first-order valence-corrected chi connectivity index (χ1v) is 7.49. The molecule has 0 amide bonds. The number of nitrogens with zero attached hydrogens (tertiary/aromatic N) is 2. The minimum Gasteiger partial charge on any atom is -0.233 e. The molecule has 84 valence electrons. The van der Waals surface area contributed by atoms with Gasteiger partial charge in [0, 0.05) is 27.2 Å². The van der Waals surface area contributed by atoms with Gasteiger partial charge in [0.1, 0.15) is 10.4 Å². The van der Waals surface area contributed by atoms with Gasteiger partial charge in [-0.3, -0.25) is 0 Å². The third kappa shape index (κ3) is 2.70. The molecular formula is C11H10Br2N2S. The summed E-state index contributed by atoms with van der Waals surface area (Å²) in [5.74, 6) is 0.893. The zero-order valence-corrected chi connectivity index (χ0v) is 12.7. The molecule has 2 heterocycles. The van der Waals surface area contributed by atoms with E-state index in [2.05, 4.69) is 59.5 Å². The van der Waals surface area contributed by atoms with Crippen molar-refractivity contribution in [1.82, 2.24) is 9.97 Å². The van der Waals surface area contributed by atoms with Crippen molar-refractivity contribution in [3.63, 3.8) is 0 Å². The first-order valence-electron chi connectivity index (χ1n) is 4.96. The van der Waals surface area contributed by atoms with Gasteiger partial charge in [0.2, 0.25) is 0 Å². The highest BCUT2D eigenvalue weighted by molar-refractivity contribution is 9.10. The Morgan fingerprint density at radius 2 is 2.06 bits per heavy atom. The zero-order valence-electron chi connectivity index (χ0n) is 8.70. The van der Waals surface area contributed by atoms with Gasteiger partial charge in [0.25, 0.3) is 0 Å². The summed E-state index contributed by atoms with van der Waals surface area (Å²) in [5, 5.41) is 4.15. The van der Waals surface area contributed by atoms with Crippen LogP contribution in [0.15, 0.2) is 25.9 Å². The fourth-order valence-corrected chi connectivity index (χ4v) is 3.32. The van der Waals surface area contributed by atoms with Crippen LogP contribution in [0.5, 0.6) is 0 Å². The molecule has 0 aliphatic carbocycles. The smallest absolute Gasteiger partial charge is 0.130 e. The quantitative estimate of drug-likeness (QED) is 0.741. The third-order valence-electron chi connectivity index (χ3n) is 2.11. The van der Waals surface area contributed by atoms with Crippen molar-refractivity contribution < 1.29 is 0 Å². The number of hydrogen-bond acceptors (Lipinski definition) is 3. The molecule has 5 heteroatoms. The number of aromatic nitrogens is 2. The monoisotopic (exact) mass is 360 g/mol. The second-order valence-electron chi connectivity index (χ2n) is 3.38. The van der Waals surface area contributed by atoms with E-state index in [0.29, 0.717) is 0 Å². The summed E-state index contributed by atoms with van der Waals surface area (Å²) in [4.78, 5) is 8.92. The van der Waals surface area contributed by atoms with Crippen LogP contribution < -0.4 is 0 Å². The first-order chi connectivity index (χ1) is 7.70. The lowest BCUT2D eigenvalue weighted by Crippen LogP contribution is -1.96. The molecule has 0 unspecified atom stereocenters. The van der Waals surface area contributed by atoms with Crippen LogP contribution >= 0.6 is 43.2 Å². The number of thiophene rings is 1. The maximum Gasteiger partial charge on any atom is 0.130 e. The van der Waals surface area contributed by atoms with Crippen molar-refractivity contribution >= 4 is 43.2 Å². The summed E-state index contributed by atoms with van der Waals surface area (Å²) in [6.45, 7) is 2.13. The summed E-state index contributed by atoms with van der Waals surface area (Å²) < 4.78 is 1.93. The standard InChI is InChI=1S/C11H10Br2N2S/c1-2-3-11-14-9(4-10(13)15-11)7-5-16-6-8(7)12/h4-6H,2-3H2,1H3. The summed E-state index contributed by atoms with van der Waals surface area (Å²) in [6, 6.07) is 1.95. The molecule has 0 aromatic carbocycles. The van der Waals surface area contributed by atoms with Crippen LogP contribution in [0.25, 0.3) is 11.3 Å². The Hall–Kier alpha value is -0.260. The van der Waals surface area contributed by atoms with Gasteiger partial charge in [0.15, 0.2) is 0 Å². The predicted octanol–water partition coefficient (Wildman–Crippen LogP) is 4.68. The lowest BCUT2D eigenvalue weighted by molar-refractivity contribution is 0.831. The third-order valence-corrected chi connectivity index (χ3v) is 4.21. The van der Waals surface area contributed by atoms with Crippen molar-refractivity contribution in [3.05, 3.63) is 31.7 Å². The highest BCUT2D eigenvalue weighted by Crippen LogP contribution is 2.31. The fourth-order valence-electron chi connectivity index (χ4n) is 1.40. The number of aryl methyl sites for hydroxylation is 1. The topological polar surface area (TPSA) is 25.8 Å². The van der Waals surface area contributed by atoms with E-state index in [0.717, 1.165) is 39.0 Å². The molecule has 0 bridgehead atoms. The molecule has 0 N–H and O–H groups in total. The van der Waals surface area contributed by atoms with Gasteiger partial charge in [-0.15, -0.1) is 0 Å². The average Bonchev–Trinajstić information content (AvgIpc) is 2.64. The minimum atomic E-state index is 0.846. The van der Waals surface area contributed by atoms with E-state index in [4.69, 9.17) is 0 Å². The van der Waals surface area contributed by atoms with Crippen LogP contribution in [0, 0.1) is 0 Å². The van der Waals surface area contributed by atoms with Crippen LogP contribution in [-0.2, 0) is 6.42 Å². The summed E-state index contributed by atoms with van der Waals surface area (Å²) in [6.07, 6.45) is 1.97. The van der Waals surface area contributed by atoms with E-state index in [-0.39, 0.29) is 0 Å². The Kier molecular flexibility index (Phi) is 4.10. The maximum atomic E-state index is 4.56. The predicted molar refractivity (Wildman–Crippen MR) is 74.7 cm³/mol. The van der Waals surface area contributed by atoms with Crippen molar-refractivity contribution in [1.29, 1.82) is 0 Å². The number of rotatable bonds is 3. The molecule has 2 aromatic rings. The molecule has 16 heavy (non-hydrogen) atoms. The van der Waals surface area contributed by atoms with E-state index in [9.17, 15) is 0 Å². The Morgan fingerprint density at radius 1 is 1.25 bits per heavy atom. The molecule has 2 rings (SSSR count). The van der Waals surface area contributed by atoms with Gasteiger partial charge in [-0.25, -0.2) is 9.97 Å².